The fraction of sp³-hybridized carbons (Fsp3) is 0.429. The first kappa shape index (κ1) is 14.2. The molecule has 20 heavy (non-hydrogen) atoms. The van der Waals surface area contributed by atoms with Gasteiger partial charge in [-0.05, 0) is 37.5 Å². The molecule has 0 aliphatic heterocycles. The van der Waals surface area contributed by atoms with Crippen LogP contribution in [0.4, 0.5) is 0 Å². The first-order chi connectivity index (χ1) is 9.56. The quantitative estimate of drug-likeness (QED) is 0.458. The van der Waals surface area contributed by atoms with E-state index < -0.39 is 5.91 Å². The highest BCUT2D eigenvalue weighted by Gasteiger charge is 2.22. The zero-order valence-electron chi connectivity index (χ0n) is 11.1. The van der Waals surface area contributed by atoms with Gasteiger partial charge in [-0.25, -0.2) is 0 Å². The molecule has 4 N–H and O–H groups in total. The molecule has 2 amide bonds. The van der Waals surface area contributed by atoms with E-state index in [0.29, 0.717) is 25.4 Å². The van der Waals surface area contributed by atoms with Crippen LogP contribution in [0.2, 0.25) is 0 Å². The van der Waals surface area contributed by atoms with Crippen molar-refractivity contribution >= 4 is 11.8 Å². The average Bonchev–Trinajstić information content (AvgIpc) is 3.21. The lowest BCUT2D eigenvalue weighted by Gasteiger charge is -2.07. The molecule has 108 valence electrons. The Bertz CT molecular complexity index is 512. The number of phenols is 2. The second-order valence-corrected chi connectivity index (χ2v) is 4.90. The molecule has 0 saturated heterocycles. The Morgan fingerprint density at radius 2 is 2.00 bits per heavy atom. The summed E-state index contributed by atoms with van der Waals surface area (Å²) in [7, 11) is 0. The molecule has 2 rings (SSSR count). The van der Waals surface area contributed by atoms with Gasteiger partial charge in [0, 0.05) is 19.0 Å². The summed E-state index contributed by atoms with van der Waals surface area (Å²) in [5.74, 6) is -0.744. The second kappa shape index (κ2) is 6.27. The van der Waals surface area contributed by atoms with E-state index in [4.69, 9.17) is 0 Å². The van der Waals surface area contributed by atoms with E-state index >= 15 is 0 Å². The minimum absolute atomic E-state index is 0.00181. The van der Waals surface area contributed by atoms with E-state index in [0.717, 1.165) is 12.8 Å². The summed E-state index contributed by atoms with van der Waals surface area (Å²) in [6.45, 7) is 0.339. The summed E-state index contributed by atoms with van der Waals surface area (Å²) >= 11 is 0. The monoisotopic (exact) mass is 278 g/mol. The van der Waals surface area contributed by atoms with Gasteiger partial charge in [0.1, 0.15) is 11.5 Å². The number of amides is 2. The molecule has 6 nitrogen and oxygen atoms in total. The smallest absolute Gasteiger partial charge is 0.255 e. The summed E-state index contributed by atoms with van der Waals surface area (Å²) in [5.41, 5.74) is 0.0208. The van der Waals surface area contributed by atoms with Gasteiger partial charge in [-0.15, -0.1) is 0 Å². The molecule has 0 heterocycles. The fourth-order valence-electron chi connectivity index (χ4n) is 1.78. The molecule has 1 aliphatic carbocycles. The second-order valence-electron chi connectivity index (χ2n) is 4.90. The van der Waals surface area contributed by atoms with Crippen molar-refractivity contribution in [3.63, 3.8) is 0 Å². The maximum atomic E-state index is 11.8. The molecule has 0 unspecified atom stereocenters. The maximum Gasteiger partial charge on any atom is 0.255 e. The third-order valence-corrected chi connectivity index (χ3v) is 3.03. The molecule has 1 saturated carbocycles. The number of phenolic OH excluding ortho intramolecular Hbond substituents is 2. The maximum absolute atomic E-state index is 11.8. The Morgan fingerprint density at radius 3 is 2.70 bits per heavy atom. The fourth-order valence-corrected chi connectivity index (χ4v) is 1.78. The van der Waals surface area contributed by atoms with Crippen molar-refractivity contribution in [3.05, 3.63) is 23.8 Å². The van der Waals surface area contributed by atoms with E-state index in [1.165, 1.54) is 18.2 Å². The molecular formula is C14H18N2O4. The van der Waals surface area contributed by atoms with Gasteiger partial charge in [-0.2, -0.15) is 0 Å². The molecule has 0 spiro atoms. The van der Waals surface area contributed by atoms with Crippen LogP contribution in [0.3, 0.4) is 0 Å². The third-order valence-electron chi connectivity index (χ3n) is 3.03. The molecule has 1 fully saturated rings. The SMILES string of the molecule is O=C(CCCNC(=O)c1cc(O)ccc1O)NC1CC1. The largest absolute Gasteiger partial charge is 0.508 e. The van der Waals surface area contributed by atoms with Crippen LogP contribution in [0.25, 0.3) is 0 Å². The van der Waals surface area contributed by atoms with Crippen molar-refractivity contribution in [3.8, 4) is 11.5 Å². The first-order valence-electron chi connectivity index (χ1n) is 6.66. The van der Waals surface area contributed by atoms with Gasteiger partial charge in [-0.3, -0.25) is 9.59 Å². The van der Waals surface area contributed by atoms with Gasteiger partial charge < -0.3 is 20.8 Å². The number of carbonyl (C=O) groups excluding carboxylic acids is 2. The minimum Gasteiger partial charge on any atom is -0.508 e. The van der Waals surface area contributed by atoms with Crippen LogP contribution in [-0.2, 0) is 4.79 Å². The lowest BCUT2D eigenvalue weighted by Crippen LogP contribution is -2.28. The normalized spacial score (nSPS) is 13.8. The summed E-state index contributed by atoms with van der Waals surface area (Å²) in [4.78, 5) is 23.2. The van der Waals surface area contributed by atoms with Gasteiger partial charge in [0.05, 0.1) is 5.56 Å². The molecule has 6 heteroatoms. The minimum atomic E-state index is -0.471. The Balaban J connectivity index is 1.71. The van der Waals surface area contributed by atoms with Crippen LogP contribution in [0.1, 0.15) is 36.0 Å². The predicted octanol–water partition coefficient (Wildman–Crippen LogP) is 0.886. The molecule has 1 aromatic carbocycles. The number of aromatic hydroxyl groups is 2. The van der Waals surface area contributed by atoms with Crippen molar-refractivity contribution < 1.29 is 19.8 Å². The molecule has 0 radical (unpaired) electrons. The van der Waals surface area contributed by atoms with Crippen molar-refractivity contribution in [1.29, 1.82) is 0 Å². The van der Waals surface area contributed by atoms with Crippen molar-refractivity contribution in [2.45, 2.75) is 31.7 Å². The Morgan fingerprint density at radius 1 is 1.25 bits per heavy atom. The van der Waals surface area contributed by atoms with Crippen LogP contribution in [0.5, 0.6) is 11.5 Å². The highest BCUT2D eigenvalue weighted by atomic mass is 16.3. The van der Waals surface area contributed by atoms with E-state index in [9.17, 15) is 19.8 Å². The molecule has 1 aliphatic rings. The van der Waals surface area contributed by atoms with E-state index in [1.807, 2.05) is 0 Å². The number of carbonyl (C=O) groups is 2. The number of nitrogens with one attached hydrogen (secondary N) is 2. The van der Waals surface area contributed by atoms with E-state index in [1.54, 1.807) is 0 Å². The molecule has 0 aromatic heterocycles. The predicted molar refractivity (Wildman–Crippen MR) is 72.5 cm³/mol. The van der Waals surface area contributed by atoms with E-state index in [2.05, 4.69) is 10.6 Å². The molecule has 0 bridgehead atoms. The molecular weight excluding hydrogens is 260 g/mol. The van der Waals surface area contributed by atoms with Gasteiger partial charge in [0.25, 0.3) is 5.91 Å². The highest BCUT2D eigenvalue weighted by Crippen LogP contribution is 2.21. The summed E-state index contributed by atoms with van der Waals surface area (Å²) in [6.07, 6.45) is 3.01. The lowest BCUT2D eigenvalue weighted by atomic mass is 10.1. The van der Waals surface area contributed by atoms with Crippen LogP contribution >= 0.6 is 0 Å². The van der Waals surface area contributed by atoms with Crippen molar-refractivity contribution in [1.82, 2.24) is 10.6 Å². The van der Waals surface area contributed by atoms with Crippen LogP contribution < -0.4 is 10.6 Å². The van der Waals surface area contributed by atoms with Gasteiger partial charge in [0.15, 0.2) is 0 Å². The topological polar surface area (TPSA) is 98.7 Å². The number of rotatable bonds is 6. The highest BCUT2D eigenvalue weighted by molar-refractivity contribution is 5.97. The van der Waals surface area contributed by atoms with Crippen molar-refractivity contribution in [2.24, 2.45) is 0 Å². The summed E-state index contributed by atoms with van der Waals surface area (Å²) < 4.78 is 0. The van der Waals surface area contributed by atoms with Crippen LogP contribution in [0, 0.1) is 0 Å². The Kier molecular flexibility index (Phi) is 4.45. The van der Waals surface area contributed by atoms with Crippen LogP contribution in [-0.4, -0.2) is 34.6 Å². The van der Waals surface area contributed by atoms with E-state index in [-0.39, 0.29) is 23.0 Å². The average molecular weight is 278 g/mol. The van der Waals surface area contributed by atoms with Crippen LogP contribution in [0.15, 0.2) is 18.2 Å². The standard InChI is InChI=1S/C14H18N2O4/c17-10-5-6-12(18)11(8-10)14(20)15-7-1-2-13(19)16-9-3-4-9/h5-6,8-9,17-18H,1-4,7H2,(H,15,20)(H,16,19). The Hall–Kier alpha value is -2.24. The zero-order chi connectivity index (χ0) is 14.5. The van der Waals surface area contributed by atoms with Crippen molar-refractivity contribution in [2.75, 3.05) is 6.54 Å². The van der Waals surface area contributed by atoms with Gasteiger partial charge in [-0.1, -0.05) is 0 Å². The number of hydrogen-bond donors (Lipinski definition) is 4. The zero-order valence-corrected chi connectivity index (χ0v) is 11.1. The number of benzene rings is 1. The summed E-state index contributed by atoms with van der Waals surface area (Å²) in [5, 5.41) is 24.3. The first-order valence-corrected chi connectivity index (χ1v) is 6.66. The lowest BCUT2D eigenvalue weighted by molar-refractivity contribution is -0.121. The molecule has 0 atom stereocenters. The van der Waals surface area contributed by atoms with Gasteiger partial charge >= 0.3 is 0 Å². The number of hydrogen-bond acceptors (Lipinski definition) is 4. The van der Waals surface area contributed by atoms with Gasteiger partial charge in [0.2, 0.25) is 5.91 Å². The molecule has 1 aromatic rings. The summed E-state index contributed by atoms with van der Waals surface area (Å²) in [6, 6.07) is 4.10. The Labute approximate surface area is 116 Å². The third kappa shape index (κ3) is 4.15.